The summed E-state index contributed by atoms with van der Waals surface area (Å²) in [6.45, 7) is 0.746. The van der Waals surface area contributed by atoms with Gasteiger partial charge in [0.1, 0.15) is 12.6 Å². The van der Waals surface area contributed by atoms with E-state index in [-0.39, 0.29) is 12.5 Å². The summed E-state index contributed by atoms with van der Waals surface area (Å²) in [7, 11) is 0. The molecule has 1 atom stereocenters. The third-order valence-electron chi connectivity index (χ3n) is 4.51. The molecule has 1 aliphatic carbocycles. The molecule has 0 aromatic heterocycles. The van der Waals surface area contributed by atoms with Crippen molar-refractivity contribution in [1.82, 2.24) is 10.6 Å². The van der Waals surface area contributed by atoms with Crippen molar-refractivity contribution in [3.8, 4) is 0 Å². The first kappa shape index (κ1) is 20.7. The van der Waals surface area contributed by atoms with Gasteiger partial charge in [-0.1, -0.05) is 49.6 Å². The zero-order valence-corrected chi connectivity index (χ0v) is 15.6. The monoisotopic (exact) mass is 375 g/mol. The van der Waals surface area contributed by atoms with Crippen LogP contribution in [-0.2, 0) is 20.9 Å². The first-order valence-electron chi connectivity index (χ1n) is 9.58. The fourth-order valence-electron chi connectivity index (χ4n) is 2.75. The predicted octanol–water partition coefficient (Wildman–Crippen LogP) is 2.24. The van der Waals surface area contributed by atoms with Gasteiger partial charge in [-0.05, 0) is 30.7 Å². The summed E-state index contributed by atoms with van der Waals surface area (Å²) in [5, 5.41) is 5.42. The zero-order chi connectivity index (χ0) is 19.5. The van der Waals surface area contributed by atoms with Crippen molar-refractivity contribution in [1.29, 1.82) is 0 Å². The lowest BCUT2D eigenvalue weighted by Gasteiger charge is -2.15. The Hall–Kier alpha value is -2.57. The fraction of sp³-hybridized carbons (Fsp3) is 0.550. The molecule has 1 fully saturated rings. The van der Waals surface area contributed by atoms with Gasteiger partial charge >= 0.3 is 6.09 Å². The van der Waals surface area contributed by atoms with Gasteiger partial charge in [-0.25, -0.2) is 4.79 Å². The molecule has 7 nitrogen and oxygen atoms in total. The average Bonchev–Trinajstić information content (AvgIpc) is 3.47. The van der Waals surface area contributed by atoms with Crippen molar-refractivity contribution in [2.75, 3.05) is 6.54 Å². The molecule has 148 valence electrons. The highest BCUT2D eigenvalue weighted by Crippen LogP contribution is 2.33. The minimum Gasteiger partial charge on any atom is -0.445 e. The molecule has 0 radical (unpaired) electrons. The quantitative estimate of drug-likeness (QED) is 0.487. The van der Waals surface area contributed by atoms with Crippen molar-refractivity contribution in [2.45, 2.75) is 57.6 Å². The Morgan fingerprint density at radius 3 is 2.52 bits per heavy atom. The smallest absolute Gasteiger partial charge is 0.407 e. The van der Waals surface area contributed by atoms with Crippen molar-refractivity contribution in [3.63, 3.8) is 0 Å². The van der Waals surface area contributed by atoms with Crippen LogP contribution in [0.4, 0.5) is 4.79 Å². The maximum absolute atomic E-state index is 11.9. The van der Waals surface area contributed by atoms with E-state index in [1.54, 1.807) is 0 Å². The number of amides is 3. The van der Waals surface area contributed by atoms with E-state index in [0.29, 0.717) is 31.7 Å². The van der Waals surface area contributed by atoms with Gasteiger partial charge in [-0.3, -0.25) is 9.59 Å². The molecule has 1 aromatic carbocycles. The van der Waals surface area contributed by atoms with Crippen LogP contribution in [0.15, 0.2) is 30.3 Å². The van der Waals surface area contributed by atoms with E-state index in [4.69, 9.17) is 10.5 Å². The van der Waals surface area contributed by atoms with Crippen LogP contribution in [0.25, 0.3) is 0 Å². The van der Waals surface area contributed by atoms with E-state index in [1.807, 2.05) is 30.3 Å². The zero-order valence-electron chi connectivity index (χ0n) is 15.6. The molecular weight excluding hydrogens is 346 g/mol. The lowest BCUT2D eigenvalue weighted by Crippen LogP contribution is -2.44. The van der Waals surface area contributed by atoms with Gasteiger partial charge in [-0.2, -0.15) is 0 Å². The van der Waals surface area contributed by atoms with Crippen LogP contribution in [0.3, 0.4) is 0 Å². The first-order valence-corrected chi connectivity index (χ1v) is 9.58. The number of hydrogen-bond acceptors (Lipinski definition) is 4. The maximum Gasteiger partial charge on any atom is 0.407 e. The van der Waals surface area contributed by atoms with Gasteiger partial charge in [0.25, 0.3) is 0 Å². The molecule has 1 aromatic rings. The second-order valence-electron chi connectivity index (χ2n) is 7.00. The lowest BCUT2D eigenvalue weighted by atomic mass is 10.1. The molecule has 0 heterocycles. The summed E-state index contributed by atoms with van der Waals surface area (Å²) in [6, 6.07) is 8.93. The van der Waals surface area contributed by atoms with Crippen LogP contribution in [0, 0.1) is 5.92 Å². The Balaban J connectivity index is 1.48. The summed E-state index contributed by atoms with van der Waals surface area (Å²) >= 11 is 0. The number of rotatable bonds is 12. The largest absolute Gasteiger partial charge is 0.445 e. The summed E-state index contributed by atoms with van der Waals surface area (Å²) in [4.78, 5) is 34.9. The fourth-order valence-corrected chi connectivity index (χ4v) is 2.75. The highest BCUT2D eigenvalue weighted by Gasteiger charge is 2.28. The number of benzene rings is 1. The van der Waals surface area contributed by atoms with Gasteiger partial charge in [-0.15, -0.1) is 0 Å². The molecule has 3 amide bonds. The third kappa shape index (κ3) is 9.08. The molecule has 0 unspecified atom stereocenters. The molecule has 7 heteroatoms. The number of ether oxygens (including phenoxy) is 1. The van der Waals surface area contributed by atoms with E-state index < -0.39 is 18.0 Å². The molecule has 2 rings (SSSR count). The highest BCUT2D eigenvalue weighted by molar-refractivity contribution is 5.86. The van der Waals surface area contributed by atoms with Gasteiger partial charge in [0.05, 0.1) is 0 Å². The highest BCUT2D eigenvalue weighted by atomic mass is 16.5. The Kier molecular flexibility index (Phi) is 8.61. The molecule has 1 saturated carbocycles. The summed E-state index contributed by atoms with van der Waals surface area (Å²) in [6.07, 6.45) is 5.04. The minimum absolute atomic E-state index is 0.144. The third-order valence-corrected chi connectivity index (χ3v) is 4.51. The van der Waals surface area contributed by atoms with Crippen LogP contribution in [0.5, 0.6) is 0 Å². The summed E-state index contributed by atoms with van der Waals surface area (Å²) in [5.74, 6) is -0.0846. The molecule has 0 spiro atoms. The number of carbonyl (C=O) groups excluding carboxylic acids is 3. The van der Waals surface area contributed by atoms with Crippen LogP contribution in [-0.4, -0.2) is 30.5 Å². The second-order valence-corrected chi connectivity index (χ2v) is 7.00. The number of carbonyl (C=O) groups is 3. The topological polar surface area (TPSA) is 111 Å². The maximum atomic E-state index is 11.9. The Morgan fingerprint density at radius 1 is 1.11 bits per heavy atom. The normalized spacial score (nSPS) is 14.2. The average molecular weight is 375 g/mol. The second kappa shape index (κ2) is 11.2. The van der Waals surface area contributed by atoms with Gasteiger partial charge in [0, 0.05) is 13.0 Å². The number of primary amides is 1. The van der Waals surface area contributed by atoms with E-state index in [1.165, 1.54) is 0 Å². The molecular formula is C20H29N3O4. The van der Waals surface area contributed by atoms with Crippen LogP contribution in [0.1, 0.15) is 50.5 Å². The van der Waals surface area contributed by atoms with Gasteiger partial charge < -0.3 is 21.1 Å². The van der Waals surface area contributed by atoms with E-state index in [2.05, 4.69) is 10.6 Å². The molecule has 4 N–H and O–H groups in total. The Labute approximate surface area is 160 Å². The molecule has 0 bridgehead atoms. The SMILES string of the molecule is NC(=O)[C@@H](CC1CC1)NC(=O)CCCCCNC(=O)OCc1ccccc1. The van der Waals surface area contributed by atoms with Crippen LogP contribution >= 0.6 is 0 Å². The van der Waals surface area contributed by atoms with E-state index >= 15 is 0 Å². The Bertz CT molecular complexity index is 617. The number of unbranched alkanes of at least 4 members (excludes halogenated alkanes) is 2. The molecule has 0 saturated heterocycles. The Morgan fingerprint density at radius 2 is 1.85 bits per heavy atom. The van der Waals surface area contributed by atoms with Gasteiger partial charge in [0.15, 0.2) is 0 Å². The molecule has 1 aliphatic rings. The number of alkyl carbamates (subject to hydrolysis) is 1. The van der Waals surface area contributed by atoms with Crippen LogP contribution in [0.2, 0.25) is 0 Å². The number of hydrogen-bond donors (Lipinski definition) is 3. The summed E-state index contributed by atoms with van der Waals surface area (Å²) < 4.78 is 5.12. The van der Waals surface area contributed by atoms with Crippen molar-refractivity contribution >= 4 is 17.9 Å². The standard InChI is InChI=1S/C20H29N3O4/c21-19(25)17(13-15-10-11-15)23-18(24)9-5-2-6-12-22-20(26)27-14-16-7-3-1-4-8-16/h1,3-4,7-8,15,17H,2,5-6,9-14H2,(H2,21,25)(H,22,26)(H,23,24)/t17-/m1/s1. The first-order chi connectivity index (χ1) is 13.0. The number of nitrogens with two attached hydrogens (primary N) is 1. The van der Waals surface area contributed by atoms with E-state index in [9.17, 15) is 14.4 Å². The van der Waals surface area contributed by atoms with E-state index in [0.717, 1.165) is 31.2 Å². The van der Waals surface area contributed by atoms with Crippen LogP contribution < -0.4 is 16.4 Å². The van der Waals surface area contributed by atoms with Gasteiger partial charge in [0.2, 0.25) is 11.8 Å². The minimum atomic E-state index is -0.550. The predicted molar refractivity (Wildman–Crippen MR) is 102 cm³/mol. The van der Waals surface area contributed by atoms with Crippen molar-refractivity contribution in [2.24, 2.45) is 11.7 Å². The van der Waals surface area contributed by atoms with Crippen molar-refractivity contribution in [3.05, 3.63) is 35.9 Å². The molecule has 0 aliphatic heterocycles. The molecule has 27 heavy (non-hydrogen) atoms. The number of nitrogens with one attached hydrogen (secondary N) is 2. The summed E-state index contributed by atoms with van der Waals surface area (Å²) in [5.41, 5.74) is 6.28. The lowest BCUT2D eigenvalue weighted by molar-refractivity contribution is -0.127. The van der Waals surface area contributed by atoms with Crippen molar-refractivity contribution < 1.29 is 19.1 Å².